The van der Waals surface area contributed by atoms with Crippen molar-refractivity contribution in [2.45, 2.75) is 24.9 Å². The van der Waals surface area contributed by atoms with E-state index in [-0.39, 0.29) is 5.92 Å². The van der Waals surface area contributed by atoms with E-state index in [2.05, 4.69) is 37.2 Å². The minimum Gasteiger partial charge on any atom is -0.497 e. The number of nitrogens with zero attached hydrogens (tertiary/aromatic N) is 1. The Kier molecular flexibility index (Phi) is 6.42. The fourth-order valence-corrected chi connectivity index (χ4v) is 4.18. The minimum atomic E-state index is -0.907. The fourth-order valence-electron chi connectivity index (χ4n) is 4.18. The summed E-state index contributed by atoms with van der Waals surface area (Å²) in [6.07, 6.45) is 4.94. The Morgan fingerprint density at radius 3 is 2.43 bits per heavy atom. The zero-order valence-corrected chi connectivity index (χ0v) is 17.3. The Morgan fingerprint density at radius 2 is 1.79 bits per heavy atom. The van der Waals surface area contributed by atoms with E-state index in [1.165, 1.54) is 5.57 Å². The van der Waals surface area contributed by atoms with Crippen LogP contribution in [0.25, 0.3) is 6.08 Å². The van der Waals surface area contributed by atoms with Crippen molar-refractivity contribution in [3.8, 4) is 11.5 Å². The number of hydrogen-bond donors (Lipinski definition) is 1. The molecule has 2 unspecified atom stereocenters. The van der Waals surface area contributed by atoms with Crippen molar-refractivity contribution in [1.82, 2.24) is 4.90 Å². The minimum absolute atomic E-state index is 0.0189. The maximum Gasteiger partial charge on any atom is 0.119 e. The van der Waals surface area contributed by atoms with E-state index in [1.54, 1.807) is 14.2 Å². The van der Waals surface area contributed by atoms with E-state index < -0.39 is 5.60 Å². The number of methoxy groups -OCH3 is 2. The van der Waals surface area contributed by atoms with Gasteiger partial charge in [-0.05, 0) is 68.8 Å². The summed E-state index contributed by atoms with van der Waals surface area (Å²) in [5, 5.41) is 11.9. The maximum absolute atomic E-state index is 11.9. The van der Waals surface area contributed by atoms with Crippen LogP contribution in [-0.4, -0.2) is 44.9 Å². The van der Waals surface area contributed by atoms with Crippen LogP contribution < -0.4 is 9.47 Å². The third-order valence-corrected chi connectivity index (χ3v) is 5.63. The van der Waals surface area contributed by atoms with Crippen molar-refractivity contribution in [3.63, 3.8) is 0 Å². The van der Waals surface area contributed by atoms with Crippen LogP contribution in [-0.2, 0) is 5.60 Å². The average Bonchev–Trinajstić information content (AvgIpc) is 2.71. The van der Waals surface area contributed by atoms with Gasteiger partial charge >= 0.3 is 0 Å². The predicted molar refractivity (Wildman–Crippen MR) is 114 cm³/mol. The van der Waals surface area contributed by atoms with Crippen LogP contribution in [0.5, 0.6) is 11.5 Å². The summed E-state index contributed by atoms with van der Waals surface area (Å²) in [7, 11) is 7.46. The van der Waals surface area contributed by atoms with E-state index >= 15 is 0 Å². The molecule has 0 aliphatic heterocycles. The molecule has 0 saturated heterocycles. The molecule has 1 fully saturated rings. The SMILES string of the molecule is COc1ccc(C=C2CCCC(O)(c3cccc(OC)c3)C2CN(C)C)cc1. The molecule has 0 amide bonds. The summed E-state index contributed by atoms with van der Waals surface area (Å²) < 4.78 is 10.7. The number of ether oxygens (including phenoxy) is 2. The molecule has 2 aromatic rings. The lowest BCUT2D eigenvalue weighted by atomic mass is 9.68. The molecule has 0 aromatic heterocycles. The Hall–Kier alpha value is -2.30. The van der Waals surface area contributed by atoms with E-state index in [1.807, 2.05) is 36.4 Å². The lowest BCUT2D eigenvalue weighted by Gasteiger charge is -2.43. The summed E-state index contributed by atoms with van der Waals surface area (Å²) in [5.41, 5.74) is 2.44. The van der Waals surface area contributed by atoms with Gasteiger partial charge in [0, 0.05) is 12.5 Å². The van der Waals surface area contributed by atoms with Crippen LogP contribution in [0.15, 0.2) is 54.1 Å². The lowest BCUT2D eigenvalue weighted by Crippen LogP contribution is -2.44. The van der Waals surface area contributed by atoms with Crippen molar-refractivity contribution in [1.29, 1.82) is 0 Å². The second-order valence-corrected chi connectivity index (χ2v) is 7.82. The summed E-state index contributed by atoms with van der Waals surface area (Å²) in [6.45, 7) is 0.787. The van der Waals surface area contributed by atoms with Gasteiger partial charge in [-0.3, -0.25) is 0 Å². The molecule has 2 aromatic carbocycles. The van der Waals surface area contributed by atoms with Gasteiger partial charge in [0.05, 0.1) is 19.8 Å². The van der Waals surface area contributed by atoms with Crippen molar-refractivity contribution < 1.29 is 14.6 Å². The molecule has 1 aliphatic rings. The molecule has 1 aliphatic carbocycles. The third-order valence-electron chi connectivity index (χ3n) is 5.63. The zero-order valence-electron chi connectivity index (χ0n) is 17.3. The van der Waals surface area contributed by atoms with Gasteiger partial charge in [0.15, 0.2) is 0 Å². The van der Waals surface area contributed by atoms with Gasteiger partial charge in [-0.1, -0.05) is 35.9 Å². The smallest absolute Gasteiger partial charge is 0.119 e. The molecule has 3 rings (SSSR count). The summed E-state index contributed by atoms with van der Waals surface area (Å²) >= 11 is 0. The molecule has 2 atom stereocenters. The molecule has 1 N–H and O–H groups in total. The quantitative estimate of drug-likeness (QED) is 0.808. The second-order valence-electron chi connectivity index (χ2n) is 7.82. The third kappa shape index (κ3) is 4.40. The zero-order chi connectivity index (χ0) is 20.1. The van der Waals surface area contributed by atoms with Gasteiger partial charge < -0.3 is 19.5 Å². The van der Waals surface area contributed by atoms with E-state index in [0.29, 0.717) is 0 Å². The number of aliphatic hydroxyl groups is 1. The van der Waals surface area contributed by atoms with Gasteiger partial charge in [-0.25, -0.2) is 0 Å². The van der Waals surface area contributed by atoms with Crippen molar-refractivity contribution in [3.05, 3.63) is 65.2 Å². The second kappa shape index (κ2) is 8.80. The Morgan fingerprint density at radius 1 is 1.07 bits per heavy atom. The molecule has 1 saturated carbocycles. The molecule has 4 heteroatoms. The normalized spacial score (nSPS) is 23.8. The largest absolute Gasteiger partial charge is 0.497 e. The standard InChI is InChI=1S/C24H31NO3/c1-25(2)17-23-19(15-18-10-12-21(27-3)13-11-18)7-6-14-24(23,26)20-8-5-9-22(16-20)28-4/h5,8-13,15-16,23,26H,6-7,14,17H2,1-4H3. The first-order valence-electron chi connectivity index (χ1n) is 9.82. The van der Waals surface area contributed by atoms with Crippen LogP contribution in [0.1, 0.15) is 30.4 Å². The Bertz CT molecular complexity index is 813. The fraction of sp³-hybridized carbons (Fsp3) is 0.417. The van der Waals surface area contributed by atoms with E-state index in [4.69, 9.17) is 9.47 Å². The monoisotopic (exact) mass is 381 g/mol. The van der Waals surface area contributed by atoms with Crippen LogP contribution in [0.3, 0.4) is 0 Å². The van der Waals surface area contributed by atoms with Gasteiger partial charge in [-0.15, -0.1) is 0 Å². The van der Waals surface area contributed by atoms with E-state index in [0.717, 1.165) is 48.4 Å². The van der Waals surface area contributed by atoms with Gasteiger partial charge in [-0.2, -0.15) is 0 Å². The molecule has 28 heavy (non-hydrogen) atoms. The Balaban J connectivity index is 2.00. The highest BCUT2D eigenvalue weighted by Crippen LogP contribution is 2.46. The van der Waals surface area contributed by atoms with Gasteiger partial charge in [0.1, 0.15) is 11.5 Å². The molecule has 0 heterocycles. The number of benzene rings is 2. The maximum atomic E-state index is 11.9. The molecular formula is C24H31NO3. The van der Waals surface area contributed by atoms with Crippen molar-refractivity contribution in [2.75, 3.05) is 34.9 Å². The van der Waals surface area contributed by atoms with Gasteiger partial charge in [0.2, 0.25) is 0 Å². The average molecular weight is 382 g/mol. The molecule has 0 radical (unpaired) electrons. The molecule has 0 bridgehead atoms. The molecular weight excluding hydrogens is 350 g/mol. The van der Waals surface area contributed by atoms with Gasteiger partial charge in [0.25, 0.3) is 0 Å². The lowest BCUT2D eigenvalue weighted by molar-refractivity contribution is -0.0393. The molecule has 150 valence electrons. The van der Waals surface area contributed by atoms with Crippen molar-refractivity contribution >= 4 is 6.08 Å². The highest BCUT2D eigenvalue weighted by Gasteiger charge is 2.43. The van der Waals surface area contributed by atoms with E-state index in [9.17, 15) is 5.11 Å². The summed E-state index contributed by atoms with van der Waals surface area (Å²) in [6, 6.07) is 16.0. The van der Waals surface area contributed by atoms with Crippen LogP contribution in [0.2, 0.25) is 0 Å². The van der Waals surface area contributed by atoms with Crippen LogP contribution in [0.4, 0.5) is 0 Å². The predicted octanol–water partition coefficient (Wildman–Crippen LogP) is 4.34. The Labute approximate surface area is 168 Å². The number of rotatable bonds is 6. The number of hydrogen-bond acceptors (Lipinski definition) is 4. The highest BCUT2D eigenvalue weighted by molar-refractivity contribution is 5.56. The first kappa shape index (κ1) is 20.4. The highest BCUT2D eigenvalue weighted by atomic mass is 16.5. The topological polar surface area (TPSA) is 41.9 Å². The molecule has 4 nitrogen and oxygen atoms in total. The molecule has 0 spiro atoms. The van der Waals surface area contributed by atoms with Crippen molar-refractivity contribution in [2.24, 2.45) is 5.92 Å². The van der Waals surface area contributed by atoms with Crippen LogP contribution >= 0.6 is 0 Å². The summed E-state index contributed by atoms with van der Waals surface area (Å²) in [5.74, 6) is 1.65. The first-order valence-corrected chi connectivity index (χ1v) is 9.82. The summed E-state index contributed by atoms with van der Waals surface area (Å²) in [4.78, 5) is 2.16. The first-order chi connectivity index (χ1) is 13.5. The van der Waals surface area contributed by atoms with Crippen LogP contribution in [0, 0.1) is 5.92 Å².